The van der Waals surface area contributed by atoms with Crippen LogP contribution in [0.2, 0.25) is 0 Å². The van der Waals surface area contributed by atoms with E-state index in [1.807, 2.05) is 17.1 Å². The molecule has 0 aliphatic carbocycles. The number of imidazole rings is 1. The molecule has 106 valence electrons. The molecule has 0 radical (unpaired) electrons. The zero-order chi connectivity index (χ0) is 13.9. The summed E-state index contributed by atoms with van der Waals surface area (Å²) >= 11 is 0. The van der Waals surface area contributed by atoms with Gasteiger partial charge in [-0.25, -0.2) is 4.98 Å². The van der Waals surface area contributed by atoms with Crippen molar-refractivity contribution in [2.45, 2.75) is 25.9 Å². The van der Waals surface area contributed by atoms with Crippen molar-refractivity contribution in [3.05, 3.63) is 48.5 Å². The Morgan fingerprint density at radius 1 is 1.35 bits per heavy atom. The molecule has 20 heavy (non-hydrogen) atoms. The van der Waals surface area contributed by atoms with Gasteiger partial charge < -0.3 is 10.3 Å². The highest BCUT2D eigenvalue weighted by Gasteiger charge is 2.24. The Bertz CT molecular complexity index is 530. The zero-order valence-corrected chi connectivity index (χ0v) is 11.9. The molecule has 1 aromatic heterocycles. The molecule has 1 aromatic carbocycles. The van der Waals surface area contributed by atoms with E-state index in [1.165, 1.54) is 12.0 Å². The third-order valence-electron chi connectivity index (χ3n) is 4.20. The van der Waals surface area contributed by atoms with Crippen molar-refractivity contribution in [2.24, 2.45) is 11.7 Å². The van der Waals surface area contributed by atoms with Crippen LogP contribution in [0.3, 0.4) is 0 Å². The summed E-state index contributed by atoms with van der Waals surface area (Å²) in [6.45, 7) is 5.43. The van der Waals surface area contributed by atoms with E-state index in [0.717, 1.165) is 25.3 Å². The van der Waals surface area contributed by atoms with Crippen molar-refractivity contribution >= 4 is 0 Å². The molecule has 0 bridgehead atoms. The molecule has 4 heteroatoms. The number of hydrogen-bond acceptors (Lipinski definition) is 3. The fraction of sp³-hybridized carbons (Fsp3) is 0.438. The van der Waals surface area contributed by atoms with Crippen LogP contribution in [0, 0.1) is 5.92 Å². The number of rotatable bonds is 4. The van der Waals surface area contributed by atoms with E-state index < -0.39 is 0 Å². The van der Waals surface area contributed by atoms with E-state index in [2.05, 4.69) is 41.1 Å². The minimum absolute atomic E-state index is 0.309. The Hall–Kier alpha value is -1.65. The number of benzene rings is 1. The Labute approximate surface area is 120 Å². The summed E-state index contributed by atoms with van der Waals surface area (Å²) < 4.78 is 2.02. The predicted molar refractivity (Wildman–Crippen MR) is 80.6 cm³/mol. The number of aromatic nitrogens is 2. The molecule has 0 saturated carbocycles. The normalized spacial score (nSPS) is 21.2. The van der Waals surface area contributed by atoms with Crippen molar-refractivity contribution in [3.63, 3.8) is 0 Å². The molecule has 1 aliphatic heterocycles. The van der Waals surface area contributed by atoms with Gasteiger partial charge in [0.25, 0.3) is 0 Å². The van der Waals surface area contributed by atoms with Crippen LogP contribution in [-0.4, -0.2) is 33.6 Å². The van der Waals surface area contributed by atoms with Crippen molar-refractivity contribution in [1.82, 2.24) is 14.5 Å². The van der Waals surface area contributed by atoms with Crippen LogP contribution in [0.5, 0.6) is 0 Å². The van der Waals surface area contributed by atoms with Gasteiger partial charge in [-0.2, -0.15) is 0 Å². The second-order valence-corrected chi connectivity index (χ2v) is 5.78. The number of likely N-dealkylation sites (tertiary alicyclic amines) is 1. The minimum atomic E-state index is 0.309. The lowest BCUT2D eigenvalue weighted by Gasteiger charge is -2.18. The summed E-state index contributed by atoms with van der Waals surface area (Å²) in [5.41, 5.74) is 8.51. The summed E-state index contributed by atoms with van der Waals surface area (Å²) in [5, 5.41) is 0. The van der Waals surface area contributed by atoms with Gasteiger partial charge in [-0.15, -0.1) is 0 Å². The SMILES string of the molecule is CC(N)C1CCN(Cc2ccc(-n3ccnc3)cc2)C1. The lowest BCUT2D eigenvalue weighted by molar-refractivity contribution is 0.308. The lowest BCUT2D eigenvalue weighted by Crippen LogP contribution is -2.29. The maximum absolute atomic E-state index is 5.99. The first kappa shape index (κ1) is 13.3. The van der Waals surface area contributed by atoms with Crippen LogP contribution in [0.1, 0.15) is 18.9 Å². The fourth-order valence-corrected chi connectivity index (χ4v) is 2.88. The Kier molecular flexibility index (Phi) is 3.85. The second kappa shape index (κ2) is 5.77. The number of nitrogens with zero attached hydrogens (tertiary/aromatic N) is 3. The lowest BCUT2D eigenvalue weighted by atomic mass is 10.0. The van der Waals surface area contributed by atoms with E-state index in [4.69, 9.17) is 5.73 Å². The van der Waals surface area contributed by atoms with Crippen LogP contribution in [0.4, 0.5) is 0 Å². The average molecular weight is 270 g/mol. The average Bonchev–Trinajstić information content (AvgIpc) is 3.10. The number of nitrogens with two attached hydrogens (primary N) is 1. The topological polar surface area (TPSA) is 47.1 Å². The Morgan fingerprint density at radius 2 is 2.15 bits per heavy atom. The molecule has 2 unspecified atom stereocenters. The molecule has 2 atom stereocenters. The summed E-state index contributed by atoms with van der Waals surface area (Å²) in [7, 11) is 0. The smallest absolute Gasteiger partial charge is 0.0991 e. The van der Waals surface area contributed by atoms with E-state index >= 15 is 0 Å². The predicted octanol–water partition coefficient (Wildman–Crippen LogP) is 2.04. The highest BCUT2D eigenvalue weighted by atomic mass is 15.1. The van der Waals surface area contributed by atoms with Crippen LogP contribution in [0.25, 0.3) is 5.69 Å². The molecular weight excluding hydrogens is 248 g/mol. The van der Waals surface area contributed by atoms with Crippen LogP contribution in [0.15, 0.2) is 43.0 Å². The van der Waals surface area contributed by atoms with Gasteiger partial charge >= 0.3 is 0 Å². The van der Waals surface area contributed by atoms with Gasteiger partial charge in [0.1, 0.15) is 0 Å². The fourth-order valence-electron chi connectivity index (χ4n) is 2.88. The van der Waals surface area contributed by atoms with Gasteiger partial charge in [0.15, 0.2) is 0 Å². The van der Waals surface area contributed by atoms with E-state index in [-0.39, 0.29) is 0 Å². The molecular formula is C16H22N4. The first-order valence-corrected chi connectivity index (χ1v) is 7.27. The molecule has 1 aliphatic rings. The summed E-state index contributed by atoms with van der Waals surface area (Å²) in [4.78, 5) is 6.57. The molecule has 2 heterocycles. The van der Waals surface area contributed by atoms with Gasteiger partial charge in [-0.05, 0) is 43.5 Å². The van der Waals surface area contributed by atoms with Crippen molar-refractivity contribution in [3.8, 4) is 5.69 Å². The van der Waals surface area contributed by atoms with Gasteiger partial charge in [0, 0.05) is 37.2 Å². The first-order chi connectivity index (χ1) is 9.72. The maximum Gasteiger partial charge on any atom is 0.0991 e. The quantitative estimate of drug-likeness (QED) is 0.925. The molecule has 0 amide bonds. The van der Waals surface area contributed by atoms with Crippen molar-refractivity contribution in [1.29, 1.82) is 0 Å². The highest BCUT2D eigenvalue weighted by Crippen LogP contribution is 2.21. The van der Waals surface area contributed by atoms with Crippen LogP contribution < -0.4 is 5.73 Å². The van der Waals surface area contributed by atoms with Crippen molar-refractivity contribution < 1.29 is 0 Å². The third-order valence-corrected chi connectivity index (χ3v) is 4.20. The van der Waals surface area contributed by atoms with Gasteiger partial charge in [0.2, 0.25) is 0 Å². The molecule has 4 nitrogen and oxygen atoms in total. The Morgan fingerprint density at radius 3 is 2.75 bits per heavy atom. The van der Waals surface area contributed by atoms with Crippen LogP contribution >= 0.6 is 0 Å². The van der Waals surface area contributed by atoms with E-state index in [9.17, 15) is 0 Å². The highest BCUT2D eigenvalue weighted by molar-refractivity contribution is 5.34. The largest absolute Gasteiger partial charge is 0.328 e. The van der Waals surface area contributed by atoms with Crippen LogP contribution in [-0.2, 0) is 6.54 Å². The number of hydrogen-bond donors (Lipinski definition) is 1. The summed E-state index contributed by atoms with van der Waals surface area (Å²) in [6.07, 6.45) is 6.81. The molecule has 3 rings (SSSR count). The molecule has 0 spiro atoms. The van der Waals surface area contributed by atoms with Gasteiger partial charge in [-0.1, -0.05) is 12.1 Å². The molecule has 1 saturated heterocycles. The second-order valence-electron chi connectivity index (χ2n) is 5.78. The summed E-state index contributed by atoms with van der Waals surface area (Å²) in [5.74, 6) is 0.653. The standard InChI is InChI=1S/C16H22N4/c1-13(17)15-6-8-19(11-15)10-14-2-4-16(5-3-14)20-9-7-18-12-20/h2-5,7,9,12-13,15H,6,8,10-11,17H2,1H3. The molecule has 1 fully saturated rings. The summed E-state index contributed by atoms with van der Waals surface area (Å²) in [6, 6.07) is 9.01. The van der Waals surface area contributed by atoms with Gasteiger partial charge in [-0.3, -0.25) is 4.90 Å². The first-order valence-electron chi connectivity index (χ1n) is 7.27. The minimum Gasteiger partial charge on any atom is -0.328 e. The Balaban J connectivity index is 1.62. The zero-order valence-electron chi connectivity index (χ0n) is 11.9. The van der Waals surface area contributed by atoms with Crippen molar-refractivity contribution in [2.75, 3.05) is 13.1 Å². The molecule has 2 N–H and O–H groups in total. The van der Waals surface area contributed by atoms with Gasteiger partial charge in [0.05, 0.1) is 6.33 Å². The maximum atomic E-state index is 5.99. The van der Waals surface area contributed by atoms with E-state index in [1.54, 1.807) is 6.20 Å². The molecule has 2 aromatic rings. The monoisotopic (exact) mass is 270 g/mol. The third kappa shape index (κ3) is 2.92. The van der Waals surface area contributed by atoms with E-state index in [0.29, 0.717) is 12.0 Å².